The summed E-state index contributed by atoms with van der Waals surface area (Å²) in [7, 11) is 2.15. The largest absolute Gasteiger partial charge is 0.299 e. The number of likely N-dealkylation sites (N-methyl/N-ethyl adjacent to an activating group) is 1. The highest BCUT2D eigenvalue weighted by Crippen LogP contribution is 2.18. The van der Waals surface area contributed by atoms with Crippen LogP contribution in [0.1, 0.15) is 5.69 Å². The topological polar surface area (TPSA) is 21.1 Å². The van der Waals surface area contributed by atoms with E-state index in [4.69, 9.17) is 0 Å². The number of thioether (sulfide) groups is 1. The van der Waals surface area contributed by atoms with Gasteiger partial charge in [0, 0.05) is 13.1 Å². The zero-order valence-corrected chi connectivity index (χ0v) is 8.27. The van der Waals surface area contributed by atoms with E-state index in [1.54, 1.807) is 11.8 Å². The Morgan fingerprint density at radius 1 is 1.50 bits per heavy atom. The zero-order chi connectivity index (χ0) is 8.55. The third-order valence-electron chi connectivity index (χ3n) is 2.18. The molecule has 0 bridgehead atoms. The maximum atomic E-state index is 4.46. The molecule has 1 aliphatic rings. The molecule has 0 amide bonds. The molecule has 3 nitrogen and oxygen atoms in total. The Labute approximate surface area is 76.7 Å². The summed E-state index contributed by atoms with van der Waals surface area (Å²) in [5, 5.41) is 5.60. The van der Waals surface area contributed by atoms with Crippen LogP contribution in [-0.4, -0.2) is 34.5 Å². The quantitative estimate of drug-likeness (QED) is 0.607. The maximum Gasteiger partial charge on any atom is 0.118 e. The predicted octanol–water partition coefficient (Wildman–Crippen LogP) is 1.05. The summed E-state index contributed by atoms with van der Waals surface area (Å²) in [6, 6.07) is 2.18. The van der Waals surface area contributed by atoms with Gasteiger partial charge in [0.25, 0.3) is 0 Å². The molecule has 2 heterocycles. The fourth-order valence-electron chi connectivity index (χ4n) is 1.47. The first kappa shape index (κ1) is 8.13. The van der Waals surface area contributed by atoms with Crippen molar-refractivity contribution in [2.24, 2.45) is 0 Å². The first-order valence-corrected chi connectivity index (χ1v) is 5.31. The van der Waals surface area contributed by atoms with Gasteiger partial charge in [-0.25, -0.2) is 0 Å². The van der Waals surface area contributed by atoms with E-state index in [1.807, 2.05) is 0 Å². The van der Waals surface area contributed by atoms with Gasteiger partial charge in [-0.2, -0.15) is 5.10 Å². The third kappa shape index (κ3) is 1.36. The second-order valence-electron chi connectivity index (χ2n) is 3.14. The van der Waals surface area contributed by atoms with Gasteiger partial charge in [0.2, 0.25) is 0 Å². The average molecular weight is 183 g/mol. The lowest BCUT2D eigenvalue weighted by molar-refractivity contribution is 0.258. The standard InChI is InChI=1S/C8H13N3S/c1-10-3-4-11-7(6-10)5-8(9-11)12-2/h5H,3-4,6H2,1-2H3. The Morgan fingerprint density at radius 3 is 3.08 bits per heavy atom. The Balaban J connectivity index is 2.28. The second-order valence-corrected chi connectivity index (χ2v) is 3.97. The molecule has 0 fully saturated rings. The first-order chi connectivity index (χ1) is 5.79. The highest BCUT2D eigenvalue weighted by molar-refractivity contribution is 7.98. The molecule has 12 heavy (non-hydrogen) atoms. The molecular formula is C8H13N3S. The molecule has 0 aliphatic carbocycles. The molecule has 1 aromatic heterocycles. The van der Waals surface area contributed by atoms with Crippen LogP contribution in [0.15, 0.2) is 11.1 Å². The minimum Gasteiger partial charge on any atom is -0.299 e. The maximum absolute atomic E-state index is 4.46. The van der Waals surface area contributed by atoms with Crippen molar-refractivity contribution in [1.29, 1.82) is 0 Å². The SMILES string of the molecule is CSc1cc2n(n1)CCN(C)C2. The fraction of sp³-hybridized carbons (Fsp3) is 0.625. The molecule has 0 atom stereocenters. The van der Waals surface area contributed by atoms with Crippen molar-refractivity contribution in [2.45, 2.75) is 18.1 Å². The number of hydrogen-bond donors (Lipinski definition) is 0. The van der Waals surface area contributed by atoms with Crippen molar-refractivity contribution < 1.29 is 0 Å². The lowest BCUT2D eigenvalue weighted by Crippen LogP contribution is -2.30. The molecule has 2 rings (SSSR count). The Bertz CT molecular complexity index is 282. The normalized spacial score (nSPS) is 17.8. The number of aromatic nitrogens is 2. The van der Waals surface area contributed by atoms with E-state index in [0.29, 0.717) is 0 Å². The summed E-state index contributed by atoms with van der Waals surface area (Å²) in [4.78, 5) is 2.32. The van der Waals surface area contributed by atoms with Crippen LogP contribution < -0.4 is 0 Å². The van der Waals surface area contributed by atoms with Gasteiger partial charge in [-0.05, 0) is 19.4 Å². The lowest BCUT2D eigenvalue weighted by Gasteiger charge is -2.22. The van der Waals surface area contributed by atoms with Crippen molar-refractivity contribution in [3.8, 4) is 0 Å². The average Bonchev–Trinajstić information content (AvgIpc) is 2.46. The molecule has 0 aromatic carbocycles. The smallest absolute Gasteiger partial charge is 0.118 e. The fourth-order valence-corrected chi connectivity index (χ4v) is 1.90. The molecule has 0 spiro atoms. The number of fused-ring (bicyclic) bond motifs is 1. The molecule has 0 unspecified atom stereocenters. The summed E-state index contributed by atoms with van der Waals surface area (Å²) in [5.74, 6) is 0. The third-order valence-corrected chi connectivity index (χ3v) is 2.79. The van der Waals surface area contributed by atoms with Gasteiger partial charge >= 0.3 is 0 Å². The van der Waals surface area contributed by atoms with Crippen LogP contribution >= 0.6 is 11.8 Å². The highest BCUT2D eigenvalue weighted by Gasteiger charge is 2.14. The van der Waals surface area contributed by atoms with Crippen LogP contribution in [0, 0.1) is 0 Å². The molecule has 0 saturated carbocycles. The first-order valence-electron chi connectivity index (χ1n) is 4.09. The molecule has 0 saturated heterocycles. The minimum absolute atomic E-state index is 1.03. The van der Waals surface area contributed by atoms with Crippen molar-refractivity contribution in [1.82, 2.24) is 14.7 Å². The Morgan fingerprint density at radius 2 is 2.33 bits per heavy atom. The summed E-state index contributed by atoms with van der Waals surface area (Å²) in [5.41, 5.74) is 1.34. The van der Waals surface area contributed by atoms with Gasteiger partial charge in [-0.1, -0.05) is 0 Å². The molecule has 1 aliphatic heterocycles. The number of nitrogens with zero attached hydrogens (tertiary/aromatic N) is 3. The number of rotatable bonds is 1. The van der Waals surface area contributed by atoms with Gasteiger partial charge in [0.05, 0.1) is 12.2 Å². The van der Waals surface area contributed by atoms with Crippen LogP contribution in [-0.2, 0) is 13.1 Å². The predicted molar refractivity (Wildman–Crippen MR) is 50.3 cm³/mol. The van der Waals surface area contributed by atoms with E-state index in [1.165, 1.54) is 5.69 Å². The molecule has 66 valence electrons. The van der Waals surface area contributed by atoms with Crippen molar-refractivity contribution >= 4 is 11.8 Å². The van der Waals surface area contributed by atoms with Crippen LogP contribution in [0.25, 0.3) is 0 Å². The highest BCUT2D eigenvalue weighted by atomic mass is 32.2. The van der Waals surface area contributed by atoms with Crippen LogP contribution in [0.4, 0.5) is 0 Å². The van der Waals surface area contributed by atoms with Crippen LogP contribution in [0.2, 0.25) is 0 Å². The number of hydrogen-bond acceptors (Lipinski definition) is 3. The van der Waals surface area contributed by atoms with Crippen molar-refractivity contribution in [3.05, 3.63) is 11.8 Å². The molecule has 0 radical (unpaired) electrons. The van der Waals surface area contributed by atoms with E-state index in [9.17, 15) is 0 Å². The van der Waals surface area contributed by atoms with Gasteiger partial charge in [0.15, 0.2) is 0 Å². The van der Waals surface area contributed by atoms with E-state index in [-0.39, 0.29) is 0 Å². The summed E-state index contributed by atoms with van der Waals surface area (Å²) in [6.45, 7) is 3.18. The lowest BCUT2D eigenvalue weighted by atomic mass is 10.3. The summed E-state index contributed by atoms with van der Waals surface area (Å²) in [6.07, 6.45) is 2.07. The Kier molecular flexibility index (Phi) is 2.11. The van der Waals surface area contributed by atoms with E-state index < -0.39 is 0 Å². The van der Waals surface area contributed by atoms with Crippen molar-refractivity contribution in [2.75, 3.05) is 19.8 Å². The van der Waals surface area contributed by atoms with Gasteiger partial charge in [-0.3, -0.25) is 9.58 Å². The monoisotopic (exact) mass is 183 g/mol. The minimum atomic E-state index is 1.03. The van der Waals surface area contributed by atoms with Crippen LogP contribution in [0.5, 0.6) is 0 Å². The molecule has 1 aromatic rings. The molecule has 4 heteroatoms. The Hall–Kier alpha value is -0.480. The molecular weight excluding hydrogens is 170 g/mol. The van der Waals surface area contributed by atoms with Crippen LogP contribution in [0.3, 0.4) is 0 Å². The van der Waals surface area contributed by atoms with Gasteiger partial charge in [0.1, 0.15) is 5.03 Å². The second kappa shape index (κ2) is 3.11. The summed E-state index contributed by atoms with van der Waals surface area (Å²) < 4.78 is 2.12. The van der Waals surface area contributed by atoms with E-state index in [2.05, 4.69) is 34.1 Å². The van der Waals surface area contributed by atoms with E-state index >= 15 is 0 Å². The molecule has 0 N–H and O–H groups in total. The van der Waals surface area contributed by atoms with Gasteiger partial charge in [-0.15, -0.1) is 11.8 Å². The van der Waals surface area contributed by atoms with E-state index in [0.717, 1.165) is 24.7 Å². The van der Waals surface area contributed by atoms with Crippen molar-refractivity contribution in [3.63, 3.8) is 0 Å². The zero-order valence-electron chi connectivity index (χ0n) is 7.45. The van der Waals surface area contributed by atoms with Gasteiger partial charge < -0.3 is 0 Å². The summed E-state index contributed by atoms with van der Waals surface area (Å²) >= 11 is 1.71.